The summed E-state index contributed by atoms with van der Waals surface area (Å²) in [5.41, 5.74) is 1.41. The smallest absolute Gasteiger partial charge is 0.291 e. The van der Waals surface area contributed by atoms with Crippen molar-refractivity contribution in [2.45, 2.75) is 86.8 Å². The minimum Gasteiger partial charge on any atom is -0.474 e. The molecule has 4 aliphatic rings. The second kappa shape index (κ2) is 9.99. The average Bonchev–Trinajstić information content (AvgIpc) is 3.43. The quantitative estimate of drug-likeness (QED) is 0.592. The summed E-state index contributed by atoms with van der Waals surface area (Å²) in [6.45, 7) is 2.73. The lowest BCUT2D eigenvalue weighted by Gasteiger charge is -2.37. The number of nitrogens with zero attached hydrogens (tertiary/aromatic N) is 1. The van der Waals surface area contributed by atoms with Crippen LogP contribution in [0.15, 0.2) is 21.1 Å². The Morgan fingerprint density at radius 3 is 2.81 bits per heavy atom. The number of piperidine rings is 1. The van der Waals surface area contributed by atoms with Crippen molar-refractivity contribution >= 4 is 17.7 Å². The Bertz CT molecular complexity index is 796. The summed E-state index contributed by atoms with van der Waals surface area (Å²) in [6, 6.07) is 0.156. The molecule has 1 aromatic rings. The van der Waals surface area contributed by atoms with E-state index in [2.05, 4.69) is 21.9 Å². The summed E-state index contributed by atoms with van der Waals surface area (Å²) < 4.78 is 11.8. The van der Waals surface area contributed by atoms with Crippen LogP contribution in [0.25, 0.3) is 0 Å². The third-order valence-corrected chi connectivity index (χ3v) is 8.87. The summed E-state index contributed by atoms with van der Waals surface area (Å²) in [5.74, 6) is 1.83. The zero-order valence-corrected chi connectivity index (χ0v) is 19.2. The Morgan fingerprint density at radius 1 is 1.16 bits per heavy atom. The lowest BCUT2D eigenvalue weighted by molar-refractivity contribution is 0.0877. The van der Waals surface area contributed by atoms with Crippen LogP contribution in [0, 0.1) is 11.8 Å². The number of rotatable bonds is 7. The van der Waals surface area contributed by atoms with Crippen LogP contribution in [0.2, 0.25) is 0 Å². The van der Waals surface area contributed by atoms with Gasteiger partial charge in [0, 0.05) is 5.25 Å². The molecule has 6 nitrogen and oxygen atoms in total. The fourth-order valence-electron chi connectivity index (χ4n) is 5.66. The van der Waals surface area contributed by atoms with Crippen LogP contribution >= 0.6 is 11.8 Å². The van der Waals surface area contributed by atoms with E-state index in [0.29, 0.717) is 35.3 Å². The molecule has 170 valence electrons. The molecule has 2 atom stereocenters. The molecule has 2 N–H and O–H groups in total. The zero-order chi connectivity index (χ0) is 21.0. The van der Waals surface area contributed by atoms with E-state index in [1.165, 1.54) is 50.5 Å². The highest BCUT2D eigenvalue weighted by molar-refractivity contribution is 8.00. The van der Waals surface area contributed by atoms with Crippen molar-refractivity contribution in [1.29, 1.82) is 0 Å². The second-order valence-electron chi connectivity index (χ2n) is 9.63. The first kappa shape index (κ1) is 21.4. The molecule has 1 amide bonds. The van der Waals surface area contributed by atoms with Gasteiger partial charge < -0.3 is 19.9 Å². The van der Waals surface area contributed by atoms with Crippen LogP contribution in [0.5, 0.6) is 5.88 Å². The third kappa shape index (κ3) is 4.98. The first-order valence-corrected chi connectivity index (χ1v) is 13.2. The van der Waals surface area contributed by atoms with Gasteiger partial charge in [-0.15, -0.1) is 11.8 Å². The molecule has 1 unspecified atom stereocenters. The maximum absolute atomic E-state index is 13.3. The van der Waals surface area contributed by atoms with E-state index < -0.39 is 0 Å². The van der Waals surface area contributed by atoms with Gasteiger partial charge in [-0.05, 0) is 87.9 Å². The lowest BCUT2D eigenvalue weighted by atomic mass is 9.74. The molecule has 31 heavy (non-hydrogen) atoms. The molecular weight excluding hydrogens is 410 g/mol. The minimum absolute atomic E-state index is 0.130. The van der Waals surface area contributed by atoms with Crippen LogP contribution in [-0.2, 0) is 0 Å². The number of fused-ring (bicyclic) bond motifs is 2. The van der Waals surface area contributed by atoms with Gasteiger partial charge in [-0.3, -0.25) is 4.79 Å². The second-order valence-corrected chi connectivity index (χ2v) is 10.9. The van der Waals surface area contributed by atoms with Gasteiger partial charge in [-0.1, -0.05) is 24.5 Å². The molecule has 1 saturated heterocycles. The molecule has 5 rings (SSSR count). The van der Waals surface area contributed by atoms with Crippen LogP contribution in [0.1, 0.15) is 81.2 Å². The number of hydrogen-bond acceptors (Lipinski definition) is 6. The summed E-state index contributed by atoms with van der Waals surface area (Å²) >= 11 is 1.74. The van der Waals surface area contributed by atoms with E-state index in [4.69, 9.17) is 9.26 Å². The maximum Gasteiger partial charge on any atom is 0.291 e. The number of ether oxygens (including phenoxy) is 1. The normalized spacial score (nSPS) is 27.2. The summed E-state index contributed by atoms with van der Waals surface area (Å²) in [6.07, 6.45) is 15.3. The van der Waals surface area contributed by atoms with Gasteiger partial charge >= 0.3 is 0 Å². The van der Waals surface area contributed by atoms with E-state index in [-0.39, 0.29) is 11.9 Å². The minimum atomic E-state index is -0.130. The number of carbonyl (C=O) groups is 1. The highest BCUT2D eigenvalue weighted by Gasteiger charge is 2.35. The molecular formula is C24H35N3O3S. The summed E-state index contributed by atoms with van der Waals surface area (Å²) in [4.78, 5) is 14.1. The molecule has 3 fully saturated rings. The van der Waals surface area contributed by atoms with Crippen LogP contribution < -0.4 is 15.4 Å². The van der Waals surface area contributed by atoms with E-state index in [1.54, 1.807) is 11.8 Å². The van der Waals surface area contributed by atoms with E-state index >= 15 is 0 Å². The van der Waals surface area contributed by atoms with Gasteiger partial charge in [-0.2, -0.15) is 0 Å². The summed E-state index contributed by atoms with van der Waals surface area (Å²) in [7, 11) is 0. The third-order valence-electron chi connectivity index (χ3n) is 7.47. The Morgan fingerprint density at radius 2 is 2.00 bits per heavy atom. The van der Waals surface area contributed by atoms with Gasteiger partial charge in [0.2, 0.25) is 5.76 Å². The lowest BCUT2D eigenvalue weighted by Crippen LogP contribution is -2.45. The number of nitrogens with one attached hydrogen (secondary N) is 2. The fraction of sp³-hybridized carbons (Fsp3) is 0.750. The van der Waals surface area contributed by atoms with Gasteiger partial charge in [0.05, 0.1) is 12.6 Å². The highest BCUT2D eigenvalue weighted by atomic mass is 32.2. The zero-order valence-electron chi connectivity index (χ0n) is 18.4. The number of aromatic nitrogens is 1. The Hall–Kier alpha value is -1.47. The predicted molar refractivity (Wildman–Crippen MR) is 122 cm³/mol. The molecule has 0 aromatic carbocycles. The number of carbonyl (C=O) groups excluding carboxylic acids is 1. The Kier molecular flexibility index (Phi) is 6.89. The fourth-order valence-corrected chi connectivity index (χ4v) is 7.00. The van der Waals surface area contributed by atoms with Gasteiger partial charge in [0.1, 0.15) is 4.90 Å². The van der Waals surface area contributed by atoms with Crippen molar-refractivity contribution in [1.82, 2.24) is 15.8 Å². The predicted octanol–water partition coefficient (Wildman–Crippen LogP) is 4.71. The molecule has 1 aromatic heterocycles. The van der Waals surface area contributed by atoms with Gasteiger partial charge in [0.15, 0.2) is 0 Å². The van der Waals surface area contributed by atoms with Crippen LogP contribution in [0.3, 0.4) is 0 Å². The Balaban J connectivity index is 1.31. The number of thioether (sulfide) groups is 1. The molecule has 7 heteroatoms. The topological polar surface area (TPSA) is 76.4 Å². The molecule has 2 bridgehead atoms. The monoisotopic (exact) mass is 445 g/mol. The average molecular weight is 446 g/mol. The summed E-state index contributed by atoms with van der Waals surface area (Å²) in [5, 5.41) is 11.4. The van der Waals surface area contributed by atoms with Crippen molar-refractivity contribution in [2.24, 2.45) is 11.8 Å². The van der Waals surface area contributed by atoms with Gasteiger partial charge in [-0.25, -0.2) is 0 Å². The highest BCUT2D eigenvalue weighted by Crippen LogP contribution is 2.42. The SMILES string of the molecule is O=C(N[C@H]1C2=CCCC1CCC2)c1onc(OCC2CCNCC2)c1SC1CCCC1. The molecule has 1 aliphatic heterocycles. The number of hydrogen-bond donors (Lipinski definition) is 2. The maximum atomic E-state index is 13.3. The molecule has 0 spiro atoms. The Labute approximate surface area is 189 Å². The van der Waals surface area contributed by atoms with Crippen molar-refractivity contribution in [3.05, 3.63) is 17.4 Å². The number of amides is 1. The van der Waals surface area contributed by atoms with Gasteiger partial charge in [0.25, 0.3) is 11.8 Å². The van der Waals surface area contributed by atoms with E-state index in [1.807, 2.05) is 0 Å². The first-order chi connectivity index (χ1) is 15.3. The molecule has 2 heterocycles. The standard InChI is InChI=1S/C24H35N3O3S/c28-23(26-20-17-5-3-6-18(20)8-4-7-17)21-22(31-19-9-1-2-10-19)24(27-30-21)29-15-16-11-13-25-14-12-16/h5,16,18-20,25H,1-4,6-15H2,(H,26,28)/t18?,20-/m0/s1. The van der Waals surface area contributed by atoms with Crippen molar-refractivity contribution in [3.63, 3.8) is 0 Å². The van der Waals surface area contributed by atoms with Crippen LogP contribution in [-0.4, -0.2) is 42.1 Å². The molecule has 2 saturated carbocycles. The van der Waals surface area contributed by atoms with Crippen molar-refractivity contribution < 1.29 is 14.1 Å². The van der Waals surface area contributed by atoms with Crippen molar-refractivity contribution in [3.8, 4) is 5.88 Å². The number of allylic oxidation sites excluding steroid dienone is 1. The van der Waals surface area contributed by atoms with E-state index in [9.17, 15) is 4.79 Å². The molecule has 0 radical (unpaired) electrons. The first-order valence-electron chi connectivity index (χ1n) is 12.3. The van der Waals surface area contributed by atoms with Crippen molar-refractivity contribution in [2.75, 3.05) is 19.7 Å². The molecule has 3 aliphatic carbocycles. The van der Waals surface area contributed by atoms with Crippen LogP contribution in [0.4, 0.5) is 0 Å². The van der Waals surface area contributed by atoms with E-state index in [0.717, 1.165) is 43.7 Å². The largest absolute Gasteiger partial charge is 0.474 e.